The van der Waals surface area contributed by atoms with Gasteiger partial charge in [0.2, 0.25) is 0 Å². The van der Waals surface area contributed by atoms with E-state index in [1.165, 1.54) is 6.08 Å². The van der Waals surface area contributed by atoms with E-state index in [9.17, 15) is 24.9 Å². The maximum absolute atomic E-state index is 12.8. The maximum Gasteiger partial charge on any atom is 0.313 e. The number of ketones is 1. The zero-order valence-electron chi connectivity index (χ0n) is 15.0. The second-order valence-corrected chi connectivity index (χ2v) is 8.44. The van der Waals surface area contributed by atoms with Gasteiger partial charge in [-0.05, 0) is 44.3 Å². The molecule has 3 aliphatic rings. The Morgan fingerprint density at radius 1 is 1.28 bits per heavy atom. The van der Waals surface area contributed by atoms with Crippen LogP contribution in [-0.4, -0.2) is 38.8 Å². The number of carbonyl (C=O) groups excluding carboxylic acids is 1. The first-order chi connectivity index (χ1) is 11.4. The summed E-state index contributed by atoms with van der Waals surface area (Å²) >= 11 is 0. The summed E-state index contributed by atoms with van der Waals surface area (Å²) in [5.74, 6) is -1.41. The minimum Gasteiger partial charge on any atom is -0.481 e. The molecule has 0 spiro atoms. The largest absolute Gasteiger partial charge is 0.481 e. The number of allylic oxidation sites excluding steroid dienone is 3. The molecule has 0 bridgehead atoms. The van der Waals surface area contributed by atoms with E-state index in [2.05, 4.69) is 6.58 Å². The van der Waals surface area contributed by atoms with Crippen molar-refractivity contribution in [2.45, 2.75) is 58.2 Å². The number of carbonyl (C=O) groups is 2. The predicted octanol–water partition coefficient (Wildman–Crippen LogP) is 2.39. The smallest absolute Gasteiger partial charge is 0.313 e. The Labute approximate surface area is 147 Å². The molecule has 1 fully saturated rings. The molecule has 5 nitrogen and oxygen atoms in total. The number of aliphatic hydroxyl groups is 2. The van der Waals surface area contributed by atoms with E-state index in [4.69, 9.17) is 0 Å². The molecule has 3 rings (SSSR count). The molecule has 0 saturated heterocycles. The fourth-order valence-electron chi connectivity index (χ4n) is 4.92. The van der Waals surface area contributed by atoms with Crippen molar-refractivity contribution < 1.29 is 24.9 Å². The van der Waals surface area contributed by atoms with Crippen LogP contribution < -0.4 is 0 Å². The highest BCUT2D eigenvalue weighted by Gasteiger charge is 2.66. The zero-order valence-corrected chi connectivity index (χ0v) is 15.0. The third kappa shape index (κ3) is 2.09. The van der Waals surface area contributed by atoms with Crippen LogP contribution in [0.25, 0.3) is 0 Å². The first kappa shape index (κ1) is 18.1. The quantitative estimate of drug-likeness (QED) is 0.667. The number of rotatable bonds is 2. The normalized spacial score (nSPS) is 46.4. The number of aliphatic hydroxyl groups excluding tert-OH is 1. The van der Waals surface area contributed by atoms with Gasteiger partial charge in [-0.1, -0.05) is 26.0 Å². The molecule has 0 radical (unpaired) electrons. The van der Waals surface area contributed by atoms with Crippen molar-refractivity contribution in [1.82, 2.24) is 0 Å². The Morgan fingerprint density at radius 2 is 1.92 bits per heavy atom. The second-order valence-electron chi connectivity index (χ2n) is 8.44. The lowest BCUT2D eigenvalue weighted by Crippen LogP contribution is -2.65. The molecule has 0 aromatic carbocycles. The van der Waals surface area contributed by atoms with E-state index in [0.717, 1.165) is 0 Å². The van der Waals surface area contributed by atoms with E-state index in [0.29, 0.717) is 12.0 Å². The van der Waals surface area contributed by atoms with Crippen molar-refractivity contribution in [1.29, 1.82) is 0 Å². The zero-order chi connectivity index (χ0) is 18.8. The van der Waals surface area contributed by atoms with Crippen molar-refractivity contribution in [2.75, 3.05) is 0 Å². The average molecular weight is 346 g/mol. The third-order valence-corrected chi connectivity index (χ3v) is 7.02. The third-order valence-electron chi connectivity index (χ3n) is 7.02. The monoisotopic (exact) mass is 346 g/mol. The fourth-order valence-corrected chi connectivity index (χ4v) is 4.92. The van der Waals surface area contributed by atoms with Crippen LogP contribution in [0.5, 0.6) is 0 Å². The summed E-state index contributed by atoms with van der Waals surface area (Å²) in [6.07, 6.45) is 5.26. The van der Waals surface area contributed by atoms with Crippen molar-refractivity contribution in [2.24, 2.45) is 16.2 Å². The highest BCUT2D eigenvalue weighted by molar-refractivity contribution is 6.09. The molecule has 1 saturated carbocycles. The van der Waals surface area contributed by atoms with Crippen molar-refractivity contribution >= 4 is 11.8 Å². The van der Waals surface area contributed by atoms with Gasteiger partial charge in [-0.25, -0.2) is 0 Å². The summed E-state index contributed by atoms with van der Waals surface area (Å²) in [4.78, 5) is 24.8. The Hall–Kier alpha value is -1.72. The van der Waals surface area contributed by atoms with Crippen LogP contribution in [0, 0.1) is 16.2 Å². The van der Waals surface area contributed by atoms with Gasteiger partial charge in [0, 0.05) is 16.4 Å². The summed E-state index contributed by atoms with van der Waals surface area (Å²) in [6.45, 7) is 9.04. The number of hydrogen-bond acceptors (Lipinski definition) is 4. The molecular formula is C20H26O5. The summed E-state index contributed by atoms with van der Waals surface area (Å²) in [7, 11) is 0. The molecule has 0 aromatic rings. The van der Waals surface area contributed by atoms with E-state index < -0.39 is 33.9 Å². The second kappa shape index (κ2) is 5.15. The van der Waals surface area contributed by atoms with E-state index in [-0.39, 0.29) is 30.6 Å². The van der Waals surface area contributed by atoms with Gasteiger partial charge in [0.25, 0.3) is 0 Å². The van der Waals surface area contributed by atoms with Crippen LogP contribution in [0.15, 0.2) is 36.0 Å². The molecular weight excluding hydrogens is 320 g/mol. The van der Waals surface area contributed by atoms with Gasteiger partial charge in [0.15, 0.2) is 5.78 Å². The molecule has 3 aliphatic carbocycles. The van der Waals surface area contributed by atoms with Crippen LogP contribution in [0.2, 0.25) is 0 Å². The predicted molar refractivity (Wildman–Crippen MR) is 92.8 cm³/mol. The lowest BCUT2D eigenvalue weighted by atomic mass is 9.46. The first-order valence-corrected chi connectivity index (χ1v) is 8.72. The first-order valence-electron chi connectivity index (χ1n) is 8.72. The molecule has 0 amide bonds. The van der Waals surface area contributed by atoms with Crippen LogP contribution in [0.3, 0.4) is 0 Å². The topological polar surface area (TPSA) is 94.8 Å². The minimum absolute atomic E-state index is 0.234. The SMILES string of the molecule is C=C[C@@]1(C)C=C2C(=O)C=C3[C@](C)(C(=O)O)CC[C@@H](O)[C@@]3(C)[C@]2(O)CC1. The molecule has 0 heterocycles. The highest BCUT2D eigenvalue weighted by Crippen LogP contribution is 2.62. The highest BCUT2D eigenvalue weighted by atomic mass is 16.4. The number of fused-ring (bicyclic) bond motifs is 3. The van der Waals surface area contributed by atoms with Gasteiger partial charge >= 0.3 is 5.97 Å². The van der Waals surface area contributed by atoms with E-state index in [1.54, 1.807) is 26.0 Å². The summed E-state index contributed by atoms with van der Waals surface area (Å²) < 4.78 is 0. The Morgan fingerprint density at radius 3 is 2.48 bits per heavy atom. The van der Waals surface area contributed by atoms with Gasteiger partial charge in [-0.3, -0.25) is 9.59 Å². The van der Waals surface area contributed by atoms with Crippen LogP contribution in [-0.2, 0) is 9.59 Å². The number of carboxylic acid groups (broad SMARTS) is 1. The number of aliphatic carboxylic acids is 1. The van der Waals surface area contributed by atoms with Gasteiger partial charge < -0.3 is 15.3 Å². The van der Waals surface area contributed by atoms with E-state index in [1.807, 2.05) is 6.92 Å². The summed E-state index contributed by atoms with van der Waals surface area (Å²) in [5.41, 5.74) is -3.88. The minimum atomic E-state index is -1.58. The van der Waals surface area contributed by atoms with Gasteiger partial charge in [0.1, 0.15) is 5.60 Å². The molecule has 5 heteroatoms. The summed E-state index contributed by atoms with van der Waals surface area (Å²) in [6, 6.07) is 0. The van der Waals surface area contributed by atoms with Crippen LogP contribution >= 0.6 is 0 Å². The average Bonchev–Trinajstić information content (AvgIpc) is 2.56. The molecule has 0 aliphatic heterocycles. The standard InChI is InChI=1S/C20H26O5/c1-5-17(2)8-9-20(25)12(11-17)13(21)10-14-18(3,16(23)24)7-6-15(22)19(14,20)4/h5,10-11,15,22,25H,1,6-9H2,2-4H3,(H,23,24)/t15-,17-,18-,19+,20+/m1/s1. The molecule has 25 heavy (non-hydrogen) atoms. The van der Waals surface area contributed by atoms with Crippen LogP contribution in [0.1, 0.15) is 46.5 Å². The van der Waals surface area contributed by atoms with Crippen LogP contribution in [0.4, 0.5) is 0 Å². The molecule has 5 atom stereocenters. The van der Waals surface area contributed by atoms with Gasteiger partial charge in [-0.2, -0.15) is 0 Å². The lowest BCUT2D eigenvalue weighted by Gasteiger charge is -2.59. The molecule has 0 unspecified atom stereocenters. The maximum atomic E-state index is 12.8. The molecule has 0 aromatic heterocycles. The Balaban J connectivity index is 2.30. The molecule has 136 valence electrons. The van der Waals surface area contributed by atoms with Crippen molar-refractivity contribution in [3.8, 4) is 0 Å². The Bertz CT molecular complexity index is 734. The van der Waals surface area contributed by atoms with Crippen molar-refractivity contribution in [3.05, 3.63) is 36.0 Å². The number of hydrogen-bond donors (Lipinski definition) is 3. The fraction of sp³-hybridized carbons (Fsp3) is 0.600. The Kier molecular flexibility index (Phi) is 3.72. The summed E-state index contributed by atoms with van der Waals surface area (Å²) in [5, 5.41) is 32.2. The van der Waals surface area contributed by atoms with Gasteiger partial charge in [-0.15, -0.1) is 6.58 Å². The van der Waals surface area contributed by atoms with E-state index >= 15 is 0 Å². The van der Waals surface area contributed by atoms with Crippen molar-refractivity contribution in [3.63, 3.8) is 0 Å². The number of carboxylic acids is 1. The molecule has 3 N–H and O–H groups in total. The van der Waals surface area contributed by atoms with Gasteiger partial charge in [0.05, 0.1) is 11.5 Å². The lowest BCUT2D eigenvalue weighted by molar-refractivity contribution is -0.162.